The standard InChI is InChI=1S/C20H26/c1-4-6-7-16(3)18-12-14-20(15-13-18)19-10-8-17(5-2)9-11-19/h5-7,12-15,17,19H,2-4,8-11H2,1H3/b7-6-. The van der Waals surface area contributed by atoms with E-state index in [1.54, 1.807) is 0 Å². The molecule has 0 radical (unpaired) electrons. The maximum atomic E-state index is 4.13. The summed E-state index contributed by atoms with van der Waals surface area (Å²) in [6.45, 7) is 10.2. The molecule has 0 saturated heterocycles. The highest BCUT2D eigenvalue weighted by Crippen LogP contribution is 2.36. The molecular weight excluding hydrogens is 240 g/mol. The van der Waals surface area contributed by atoms with Gasteiger partial charge in [0.2, 0.25) is 0 Å². The maximum absolute atomic E-state index is 4.13. The Kier molecular flexibility index (Phi) is 5.40. The fraction of sp³-hybridized carbons (Fsp3) is 0.400. The Morgan fingerprint density at radius 1 is 1.15 bits per heavy atom. The van der Waals surface area contributed by atoms with E-state index in [-0.39, 0.29) is 0 Å². The van der Waals surface area contributed by atoms with Crippen LogP contribution in [0.3, 0.4) is 0 Å². The molecule has 0 amide bonds. The molecule has 0 aromatic heterocycles. The molecule has 0 aliphatic heterocycles. The second-order valence-electron chi connectivity index (χ2n) is 5.81. The molecule has 1 aliphatic carbocycles. The molecule has 0 heterocycles. The smallest absolute Gasteiger partial charge is 0.0162 e. The molecule has 1 aromatic carbocycles. The van der Waals surface area contributed by atoms with E-state index in [0.717, 1.165) is 23.8 Å². The van der Waals surface area contributed by atoms with Gasteiger partial charge in [-0.2, -0.15) is 0 Å². The number of benzene rings is 1. The molecule has 1 fully saturated rings. The van der Waals surface area contributed by atoms with Crippen molar-refractivity contribution in [3.05, 3.63) is 66.8 Å². The third kappa shape index (κ3) is 3.72. The van der Waals surface area contributed by atoms with E-state index in [1.165, 1.54) is 36.8 Å². The van der Waals surface area contributed by atoms with Gasteiger partial charge in [0, 0.05) is 0 Å². The van der Waals surface area contributed by atoms with E-state index in [9.17, 15) is 0 Å². The number of rotatable bonds is 5. The average molecular weight is 266 g/mol. The van der Waals surface area contributed by atoms with E-state index >= 15 is 0 Å². The summed E-state index contributed by atoms with van der Waals surface area (Å²) < 4.78 is 0. The van der Waals surface area contributed by atoms with Gasteiger partial charge in [0.05, 0.1) is 0 Å². The molecule has 0 bridgehead atoms. The SMILES string of the molecule is C=CC1CCC(c2ccc(C(=C)/C=C\CC)cc2)CC1. The predicted octanol–water partition coefficient (Wildman–Crippen LogP) is 6.13. The third-order valence-electron chi connectivity index (χ3n) is 4.41. The second kappa shape index (κ2) is 7.28. The van der Waals surface area contributed by atoms with E-state index in [1.807, 2.05) is 0 Å². The molecule has 1 aliphatic rings. The summed E-state index contributed by atoms with van der Waals surface area (Å²) in [5.41, 5.74) is 3.83. The Morgan fingerprint density at radius 3 is 2.35 bits per heavy atom. The Bertz CT molecular complexity index is 467. The van der Waals surface area contributed by atoms with Crippen LogP contribution in [-0.2, 0) is 0 Å². The van der Waals surface area contributed by atoms with Crippen molar-refractivity contribution in [2.24, 2.45) is 5.92 Å². The van der Waals surface area contributed by atoms with Gasteiger partial charge in [-0.25, -0.2) is 0 Å². The molecule has 1 saturated carbocycles. The first kappa shape index (κ1) is 14.8. The fourth-order valence-electron chi connectivity index (χ4n) is 3.01. The summed E-state index contributed by atoms with van der Waals surface area (Å²) in [6, 6.07) is 9.02. The van der Waals surface area contributed by atoms with Crippen molar-refractivity contribution in [3.63, 3.8) is 0 Å². The van der Waals surface area contributed by atoms with Crippen molar-refractivity contribution in [2.75, 3.05) is 0 Å². The zero-order valence-electron chi connectivity index (χ0n) is 12.6. The van der Waals surface area contributed by atoms with Gasteiger partial charge >= 0.3 is 0 Å². The molecule has 0 nitrogen and oxygen atoms in total. The summed E-state index contributed by atoms with van der Waals surface area (Å²) in [5, 5.41) is 0. The fourth-order valence-corrected chi connectivity index (χ4v) is 3.01. The van der Waals surface area contributed by atoms with Crippen LogP contribution < -0.4 is 0 Å². The van der Waals surface area contributed by atoms with Crippen molar-refractivity contribution in [3.8, 4) is 0 Å². The molecule has 0 atom stereocenters. The summed E-state index contributed by atoms with van der Waals surface area (Å²) in [4.78, 5) is 0. The van der Waals surface area contributed by atoms with Crippen LogP contribution in [-0.4, -0.2) is 0 Å². The van der Waals surface area contributed by atoms with Crippen molar-refractivity contribution >= 4 is 5.57 Å². The first-order chi connectivity index (χ1) is 9.74. The summed E-state index contributed by atoms with van der Waals surface area (Å²) in [6.07, 6.45) is 12.6. The lowest BCUT2D eigenvalue weighted by Gasteiger charge is -2.27. The van der Waals surface area contributed by atoms with Gasteiger partial charge in [-0.15, -0.1) is 6.58 Å². The normalized spacial score (nSPS) is 22.9. The van der Waals surface area contributed by atoms with Crippen LogP contribution in [0.1, 0.15) is 56.1 Å². The van der Waals surface area contributed by atoms with Gasteiger partial charge in [0.1, 0.15) is 0 Å². The third-order valence-corrected chi connectivity index (χ3v) is 4.41. The Balaban J connectivity index is 2.00. The van der Waals surface area contributed by atoms with E-state index in [2.05, 4.69) is 62.6 Å². The summed E-state index contributed by atoms with van der Waals surface area (Å²) in [7, 11) is 0. The summed E-state index contributed by atoms with van der Waals surface area (Å²) in [5.74, 6) is 1.48. The number of allylic oxidation sites excluding steroid dienone is 4. The molecule has 0 N–H and O–H groups in total. The minimum Gasteiger partial charge on any atom is -0.103 e. The van der Waals surface area contributed by atoms with Gasteiger partial charge in [0.25, 0.3) is 0 Å². The van der Waals surface area contributed by atoms with Gasteiger partial charge in [-0.3, -0.25) is 0 Å². The molecule has 106 valence electrons. The highest BCUT2D eigenvalue weighted by atomic mass is 14.2. The van der Waals surface area contributed by atoms with Crippen molar-refractivity contribution in [2.45, 2.75) is 44.9 Å². The predicted molar refractivity (Wildman–Crippen MR) is 89.8 cm³/mol. The van der Waals surface area contributed by atoms with Crippen molar-refractivity contribution in [1.29, 1.82) is 0 Å². The molecule has 2 rings (SSSR count). The van der Waals surface area contributed by atoms with E-state index < -0.39 is 0 Å². The van der Waals surface area contributed by atoms with Gasteiger partial charge in [-0.1, -0.05) is 56.0 Å². The highest BCUT2D eigenvalue weighted by Gasteiger charge is 2.20. The molecule has 20 heavy (non-hydrogen) atoms. The Labute approximate surface area is 123 Å². The van der Waals surface area contributed by atoms with Gasteiger partial charge in [-0.05, 0) is 60.6 Å². The van der Waals surface area contributed by atoms with Crippen LogP contribution >= 0.6 is 0 Å². The van der Waals surface area contributed by atoms with E-state index in [0.29, 0.717) is 0 Å². The largest absolute Gasteiger partial charge is 0.103 e. The van der Waals surface area contributed by atoms with Crippen LogP contribution in [0.25, 0.3) is 5.57 Å². The second-order valence-corrected chi connectivity index (χ2v) is 5.81. The zero-order valence-corrected chi connectivity index (χ0v) is 12.6. The van der Waals surface area contributed by atoms with Gasteiger partial charge in [0.15, 0.2) is 0 Å². The molecule has 0 heteroatoms. The first-order valence-corrected chi connectivity index (χ1v) is 7.83. The molecule has 0 unspecified atom stereocenters. The minimum atomic E-state index is 0.736. The van der Waals surface area contributed by atoms with Crippen LogP contribution in [0.4, 0.5) is 0 Å². The van der Waals surface area contributed by atoms with Crippen LogP contribution in [0.15, 0.2) is 55.7 Å². The number of hydrogen-bond donors (Lipinski definition) is 0. The quantitative estimate of drug-likeness (QED) is 0.444. The lowest BCUT2D eigenvalue weighted by atomic mass is 9.78. The topological polar surface area (TPSA) is 0 Å². The summed E-state index contributed by atoms with van der Waals surface area (Å²) >= 11 is 0. The highest BCUT2D eigenvalue weighted by molar-refractivity contribution is 5.71. The lowest BCUT2D eigenvalue weighted by Crippen LogP contribution is -2.11. The number of hydrogen-bond acceptors (Lipinski definition) is 0. The van der Waals surface area contributed by atoms with Crippen molar-refractivity contribution < 1.29 is 0 Å². The molecule has 1 aromatic rings. The maximum Gasteiger partial charge on any atom is -0.0162 e. The molecular formula is C20H26. The monoisotopic (exact) mass is 266 g/mol. The average Bonchev–Trinajstić information content (AvgIpc) is 2.53. The van der Waals surface area contributed by atoms with E-state index in [4.69, 9.17) is 0 Å². The van der Waals surface area contributed by atoms with Crippen LogP contribution in [0.5, 0.6) is 0 Å². The Hall–Kier alpha value is -1.56. The molecule has 0 spiro atoms. The van der Waals surface area contributed by atoms with Crippen LogP contribution in [0, 0.1) is 5.92 Å². The van der Waals surface area contributed by atoms with Crippen LogP contribution in [0.2, 0.25) is 0 Å². The zero-order chi connectivity index (χ0) is 14.4. The lowest BCUT2D eigenvalue weighted by molar-refractivity contribution is 0.376. The minimum absolute atomic E-state index is 0.736. The van der Waals surface area contributed by atoms with Gasteiger partial charge < -0.3 is 0 Å². The van der Waals surface area contributed by atoms with Crippen molar-refractivity contribution in [1.82, 2.24) is 0 Å². The Morgan fingerprint density at radius 2 is 1.80 bits per heavy atom. The first-order valence-electron chi connectivity index (χ1n) is 7.83.